The number of aliphatic hydroxyl groups excluding tert-OH is 2. The average molecular weight is 154 g/mol. The van der Waals surface area contributed by atoms with Gasteiger partial charge in [-0.15, -0.1) is 0 Å². The molecule has 0 aromatic rings. The lowest BCUT2D eigenvalue weighted by Crippen LogP contribution is -2.16. The number of rotatable bonds is 1. The number of hydrogen-bond donors (Lipinski definition) is 2. The standard InChI is InChI=1S/C7H14O2.B2H2/c1-5-2-6(4-8)7(9)3-5;1-2/h5-9H,2-4H2,1H3;1-2H/t5-,6-,7-;/m1./s1. The molecule has 1 saturated carbocycles. The van der Waals surface area contributed by atoms with Gasteiger partial charge >= 0.3 is 0 Å². The van der Waals surface area contributed by atoms with E-state index in [9.17, 15) is 5.11 Å². The average Bonchev–Trinajstić information content (AvgIpc) is 2.33. The fraction of sp³-hybridized carbons (Fsp3) is 1.00. The van der Waals surface area contributed by atoms with Crippen LogP contribution in [-0.4, -0.2) is 38.4 Å². The summed E-state index contributed by atoms with van der Waals surface area (Å²) in [7, 11) is 6.00. The highest BCUT2D eigenvalue weighted by atomic mass is 16.3. The third-order valence-electron chi connectivity index (χ3n) is 2.13. The van der Waals surface area contributed by atoms with Gasteiger partial charge in [0.15, 0.2) is 0 Å². The maximum atomic E-state index is 9.20. The summed E-state index contributed by atoms with van der Waals surface area (Å²) >= 11 is 0. The van der Waals surface area contributed by atoms with Gasteiger partial charge in [0.25, 0.3) is 0 Å². The zero-order valence-corrected chi connectivity index (χ0v) is 7.16. The van der Waals surface area contributed by atoms with Crippen LogP contribution in [0.15, 0.2) is 0 Å². The van der Waals surface area contributed by atoms with Crippen LogP contribution >= 0.6 is 0 Å². The maximum absolute atomic E-state index is 9.20. The molecule has 3 atom stereocenters. The third kappa shape index (κ3) is 3.30. The van der Waals surface area contributed by atoms with E-state index in [1.54, 1.807) is 0 Å². The molecule has 0 aromatic heterocycles. The van der Waals surface area contributed by atoms with E-state index in [0.717, 1.165) is 12.8 Å². The summed E-state index contributed by atoms with van der Waals surface area (Å²) in [5.74, 6) is 0.747. The Morgan fingerprint density at radius 1 is 1.36 bits per heavy atom. The first kappa shape index (κ1) is 11.0. The van der Waals surface area contributed by atoms with Crippen LogP contribution in [-0.2, 0) is 0 Å². The Kier molecular flexibility index (Phi) is 5.69. The number of hydrogen-bond acceptors (Lipinski definition) is 2. The summed E-state index contributed by atoms with van der Waals surface area (Å²) in [6.07, 6.45) is 1.60. The van der Waals surface area contributed by atoms with Crippen LogP contribution in [0.1, 0.15) is 19.8 Å². The predicted octanol–water partition coefficient (Wildman–Crippen LogP) is -0.911. The van der Waals surface area contributed by atoms with Crippen LogP contribution in [0.4, 0.5) is 0 Å². The van der Waals surface area contributed by atoms with Gasteiger partial charge in [-0.3, -0.25) is 0 Å². The molecule has 2 N–H and O–H groups in total. The Morgan fingerprint density at radius 3 is 2.09 bits per heavy atom. The molecule has 4 heteroatoms. The molecular weight excluding hydrogens is 138 g/mol. The van der Waals surface area contributed by atoms with E-state index in [1.807, 2.05) is 0 Å². The molecule has 2 nitrogen and oxygen atoms in total. The van der Waals surface area contributed by atoms with E-state index in [0.29, 0.717) is 5.92 Å². The monoisotopic (exact) mass is 154 g/mol. The minimum Gasteiger partial charge on any atom is -0.396 e. The van der Waals surface area contributed by atoms with Crippen molar-refractivity contribution in [3.63, 3.8) is 0 Å². The lowest BCUT2D eigenvalue weighted by molar-refractivity contribution is 0.0906. The molecular formula is C7H16B2O2. The summed E-state index contributed by atoms with van der Waals surface area (Å²) in [4.78, 5) is 0. The largest absolute Gasteiger partial charge is 0.396 e. The highest BCUT2D eigenvalue weighted by Gasteiger charge is 2.29. The van der Waals surface area contributed by atoms with E-state index in [-0.39, 0.29) is 18.6 Å². The molecule has 0 amide bonds. The summed E-state index contributed by atoms with van der Waals surface area (Å²) in [5, 5.41) is 17.9. The van der Waals surface area contributed by atoms with Crippen molar-refractivity contribution in [2.45, 2.75) is 25.9 Å². The fourth-order valence-electron chi connectivity index (χ4n) is 1.57. The molecule has 0 saturated heterocycles. The van der Waals surface area contributed by atoms with Crippen molar-refractivity contribution >= 4 is 15.5 Å². The molecule has 0 aliphatic heterocycles. The zero-order chi connectivity index (χ0) is 8.85. The van der Waals surface area contributed by atoms with Crippen LogP contribution in [0.25, 0.3) is 0 Å². The van der Waals surface area contributed by atoms with Crippen molar-refractivity contribution in [3.05, 3.63) is 0 Å². The molecule has 0 spiro atoms. The summed E-state index contributed by atoms with van der Waals surface area (Å²) in [5.41, 5.74) is 0. The van der Waals surface area contributed by atoms with E-state index >= 15 is 0 Å². The van der Waals surface area contributed by atoms with Gasteiger partial charge in [0, 0.05) is 28.0 Å². The van der Waals surface area contributed by atoms with Crippen LogP contribution in [0.3, 0.4) is 0 Å². The molecule has 1 rings (SSSR count). The molecule has 0 bridgehead atoms. The minimum atomic E-state index is -0.245. The Morgan fingerprint density at radius 2 is 1.91 bits per heavy atom. The lowest BCUT2D eigenvalue weighted by Gasteiger charge is -2.08. The Hall–Kier alpha value is 0.0499. The first-order valence-corrected chi connectivity index (χ1v) is 4.03. The van der Waals surface area contributed by atoms with Crippen LogP contribution in [0, 0.1) is 11.8 Å². The normalized spacial score (nSPS) is 36.1. The van der Waals surface area contributed by atoms with Gasteiger partial charge in [0.2, 0.25) is 0 Å². The van der Waals surface area contributed by atoms with Crippen molar-refractivity contribution in [2.75, 3.05) is 6.61 Å². The van der Waals surface area contributed by atoms with Crippen LogP contribution in [0.2, 0.25) is 0 Å². The molecule has 0 unspecified atom stereocenters. The van der Waals surface area contributed by atoms with Gasteiger partial charge in [0.05, 0.1) is 6.10 Å². The van der Waals surface area contributed by atoms with Gasteiger partial charge in [-0.25, -0.2) is 0 Å². The second kappa shape index (κ2) is 5.67. The second-order valence-corrected chi connectivity index (χ2v) is 3.09. The van der Waals surface area contributed by atoms with Gasteiger partial charge in [0.1, 0.15) is 0 Å². The highest BCUT2D eigenvalue weighted by Crippen LogP contribution is 2.29. The molecule has 0 aromatic carbocycles. The van der Waals surface area contributed by atoms with Crippen LogP contribution in [0.5, 0.6) is 0 Å². The molecule has 2 radical (unpaired) electrons. The van der Waals surface area contributed by atoms with Gasteiger partial charge < -0.3 is 10.2 Å². The van der Waals surface area contributed by atoms with E-state index in [2.05, 4.69) is 22.4 Å². The zero-order valence-electron chi connectivity index (χ0n) is 7.16. The van der Waals surface area contributed by atoms with Gasteiger partial charge in [-0.1, -0.05) is 6.92 Å². The molecule has 1 aliphatic carbocycles. The fourth-order valence-corrected chi connectivity index (χ4v) is 1.57. The molecule has 1 aliphatic rings. The van der Waals surface area contributed by atoms with Crippen molar-refractivity contribution in [3.8, 4) is 0 Å². The van der Waals surface area contributed by atoms with Crippen molar-refractivity contribution in [1.29, 1.82) is 0 Å². The summed E-state index contributed by atoms with van der Waals surface area (Å²) < 4.78 is 0. The highest BCUT2D eigenvalue weighted by molar-refractivity contribution is 6.75. The van der Waals surface area contributed by atoms with Crippen molar-refractivity contribution in [2.24, 2.45) is 11.8 Å². The topological polar surface area (TPSA) is 40.5 Å². The predicted molar refractivity (Wildman–Crippen MR) is 49.3 cm³/mol. The van der Waals surface area contributed by atoms with Gasteiger partial charge in [-0.2, -0.15) is 0 Å². The maximum Gasteiger partial charge on any atom is 0.0592 e. The number of aliphatic hydroxyl groups is 2. The van der Waals surface area contributed by atoms with Crippen molar-refractivity contribution in [1.82, 2.24) is 0 Å². The molecule has 11 heavy (non-hydrogen) atoms. The molecule has 1 fully saturated rings. The quantitative estimate of drug-likeness (QED) is 0.479. The Balaban J connectivity index is 0.000000461. The summed E-state index contributed by atoms with van der Waals surface area (Å²) in [6.45, 7) is 2.25. The SMILES string of the molecule is C[C@@H]1C[C@H](CO)[C@H](O)C1.[BH][BH]. The second-order valence-electron chi connectivity index (χ2n) is 3.09. The lowest BCUT2D eigenvalue weighted by atomic mass is 9.81. The van der Waals surface area contributed by atoms with Crippen LogP contribution < -0.4 is 0 Å². The van der Waals surface area contributed by atoms with E-state index in [1.165, 1.54) is 0 Å². The first-order valence-electron chi connectivity index (χ1n) is 4.03. The Bertz CT molecular complexity index is 100. The minimum absolute atomic E-state index is 0.144. The van der Waals surface area contributed by atoms with Crippen molar-refractivity contribution < 1.29 is 10.2 Å². The van der Waals surface area contributed by atoms with E-state index < -0.39 is 0 Å². The summed E-state index contributed by atoms with van der Waals surface area (Å²) in [6, 6.07) is 0. The van der Waals surface area contributed by atoms with Gasteiger partial charge in [-0.05, 0) is 18.8 Å². The first-order chi connectivity index (χ1) is 5.24. The smallest absolute Gasteiger partial charge is 0.0592 e. The van der Waals surface area contributed by atoms with E-state index in [4.69, 9.17) is 5.11 Å². The Labute approximate surface area is 70.8 Å². The molecule has 0 heterocycles. The third-order valence-corrected chi connectivity index (χ3v) is 2.13. The molecule has 62 valence electrons.